The van der Waals surface area contributed by atoms with Crippen LogP contribution in [0.25, 0.3) is 11.1 Å². The molecule has 1 unspecified atom stereocenters. The van der Waals surface area contributed by atoms with Crippen LogP contribution in [0, 0.1) is 5.41 Å². The van der Waals surface area contributed by atoms with Crippen molar-refractivity contribution in [2.75, 3.05) is 11.9 Å². The van der Waals surface area contributed by atoms with Crippen LogP contribution in [0.1, 0.15) is 54.7 Å². The smallest absolute Gasteiger partial charge is 0.413 e. The molecule has 35 heavy (non-hydrogen) atoms. The SMILES string of the molecule is CC(C)(C)CC(NC(=O)c1csc(NC(=O)OCC2c3ccccc3-c3ccccc32)n1)C(=O)O. The molecule has 2 aromatic carbocycles. The van der Waals surface area contributed by atoms with E-state index in [2.05, 4.69) is 27.8 Å². The summed E-state index contributed by atoms with van der Waals surface area (Å²) in [4.78, 5) is 40.6. The van der Waals surface area contributed by atoms with Gasteiger partial charge in [-0.1, -0.05) is 69.3 Å². The lowest BCUT2D eigenvalue weighted by atomic mass is 9.88. The minimum Gasteiger partial charge on any atom is -0.480 e. The number of amides is 2. The van der Waals surface area contributed by atoms with E-state index in [-0.39, 0.29) is 35.2 Å². The Morgan fingerprint density at radius 2 is 1.66 bits per heavy atom. The van der Waals surface area contributed by atoms with Gasteiger partial charge < -0.3 is 15.2 Å². The van der Waals surface area contributed by atoms with E-state index < -0.39 is 24.0 Å². The second-order valence-corrected chi connectivity index (χ2v) is 10.5. The van der Waals surface area contributed by atoms with Crippen LogP contribution in [0.3, 0.4) is 0 Å². The third-order valence-corrected chi connectivity index (χ3v) is 6.47. The zero-order valence-corrected chi connectivity index (χ0v) is 20.5. The number of rotatable bonds is 7. The second-order valence-electron chi connectivity index (χ2n) is 9.62. The van der Waals surface area contributed by atoms with E-state index in [0.717, 1.165) is 33.6 Å². The highest BCUT2D eigenvalue weighted by Crippen LogP contribution is 2.44. The first kappa shape index (κ1) is 24.4. The Balaban J connectivity index is 1.36. The van der Waals surface area contributed by atoms with Crippen molar-refractivity contribution in [3.8, 4) is 11.1 Å². The van der Waals surface area contributed by atoms with Crippen molar-refractivity contribution < 1.29 is 24.2 Å². The number of aromatic nitrogens is 1. The van der Waals surface area contributed by atoms with Crippen LogP contribution in [-0.2, 0) is 9.53 Å². The van der Waals surface area contributed by atoms with Crippen LogP contribution in [0.2, 0.25) is 0 Å². The third kappa shape index (κ3) is 5.68. The minimum atomic E-state index is -1.11. The summed E-state index contributed by atoms with van der Waals surface area (Å²) < 4.78 is 5.50. The molecule has 3 aromatic rings. The standard InChI is InChI=1S/C26H27N3O5S/c1-26(2,3)12-20(23(31)32)27-22(30)21-14-35-24(28-21)29-25(33)34-13-19-17-10-6-4-8-15(17)16-9-5-7-11-18(16)19/h4-11,14,19-20H,12-13H2,1-3H3,(H,27,30)(H,31,32)(H,28,29,33). The highest BCUT2D eigenvalue weighted by atomic mass is 32.1. The maximum Gasteiger partial charge on any atom is 0.413 e. The Morgan fingerprint density at radius 1 is 1.06 bits per heavy atom. The van der Waals surface area contributed by atoms with E-state index in [9.17, 15) is 19.5 Å². The van der Waals surface area contributed by atoms with Gasteiger partial charge in [0.2, 0.25) is 0 Å². The molecule has 0 bridgehead atoms. The number of anilines is 1. The monoisotopic (exact) mass is 493 g/mol. The molecule has 1 aliphatic rings. The molecule has 0 fully saturated rings. The Bertz CT molecular complexity index is 1220. The summed E-state index contributed by atoms with van der Waals surface area (Å²) in [7, 11) is 0. The number of hydrogen-bond donors (Lipinski definition) is 3. The number of hydrogen-bond acceptors (Lipinski definition) is 6. The number of carbonyl (C=O) groups excluding carboxylic acids is 2. The van der Waals surface area contributed by atoms with Gasteiger partial charge in [-0.05, 0) is 34.1 Å². The Labute approximate surface area is 207 Å². The number of carboxylic acid groups (broad SMARTS) is 1. The third-order valence-electron chi connectivity index (χ3n) is 5.71. The summed E-state index contributed by atoms with van der Waals surface area (Å²) in [5.41, 5.74) is 4.24. The van der Waals surface area contributed by atoms with Crippen LogP contribution < -0.4 is 10.6 Å². The first-order valence-electron chi connectivity index (χ1n) is 11.2. The quantitative estimate of drug-likeness (QED) is 0.420. The minimum absolute atomic E-state index is 0.0316. The zero-order valence-electron chi connectivity index (χ0n) is 19.7. The van der Waals surface area contributed by atoms with E-state index in [1.807, 2.05) is 57.2 Å². The molecule has 0 radical (unpaired) electrons. The van der Waals surface area contributed by atoms with Crippen molar-refractivity contribution in [1.29, 1.82) is 0 Å². The molecule has 0 aliphatic heterocycles. The molecule has 2 amide bonds. The summed E-state index contributed by atoms with van der Waals surface area (Å²) in [5.74, 6) is -1.79. The number of nitrogens with zero attached hydrogens (tertiary/aromatic N) is 1. The van der Waals surface area contributed by atoms with Crippen LogP contribution in [-0.4, -0.2) is 40.7 Å². The highest BCUT2D eigenvalue weighted by Gasteiger charge is 2.30. The number of carbonyl (C=O) groups is 3. The van der Waals surface area contributed by atoms with E-state index in [0.29, 0.717) is 0 Å². The van der Waals surface area contributed by atoms with Crippen LogP contribution >= 0.6 is 11.3 Å². The van der Waals surface area contributed by atoms with Crippen molar-refractivity contribution in [3.05, 3.63) is 70.7 Å². The molecule has 3 N–H and O–H groups in total. The summed E-state index contributed by atoms with van der Waals surface area (Å²) >= 11 is 1.06. The van der Waals surface area contributed by atoms with E-state index in [1.54, 1.807) is 0 Å². The molecule has 182 valence electrons. The first-order chi connectivity index (χ1) is 16.6. The summed E-state index contributed by atoms with van der Waals surface area (Å²) in [5, 5.41) is 16.1. The Kier molecular flexibility index (Phi) is 6.88. The van der Waals surface area contributed by atoms with Gasteiger partial charge in [-0.15, -0.1) is 11.3 Å². The fourth-order valence-electron chi connectivity index (χ4n) is 4.20. The average Bonchev–Trinajstić information content (AvgIpc) is 3.39. The van der Waals surface area contributed by atoms with Gasteiger partial charge in [0, 0.05) is 11.3 Å². The first-order valence-corrected chi connectivity index (χ1v) is 12.1. The summed E-state index contributed by atoms with van der Waals surface area (Å²) in [6.45, 7) is 5.85. The van der Waals surface area contributed by atoms with Gasteiger partial charge >= 0.3 is 12.1 Å². The molecule has 0 saturated carbocycles. The van der Waals surface area contributed by atoms with Crippen molar-refractivity contribution >= 4 is 34.4 Å². The number of nitrogens with one attached hydrogen (secondary N) is 2. The second kappa shape index (κ2) is 9.87. The molecule has 1 aromatic heterocycles. The number of fused-ring (bicyclic) bond motifs is 3. The maximum absolute atomic E-state index is 12.5. The molecule has 1 aliphatic carbocycles. The van der Waals surface area contributed by atoms with Gasteiger partial charge in [-0.3, -0.25) is 10.1 Å². The van der Waals surface area contributed by atoms with Crippen molar-refractivity contribution in [1.82, 2.24) is 10.3 Å². The Morgan fingerprint density at radius 3 is 2.23 bits per heavy atom. The van der Waals surface area contributed by atoms with Crippen molar-refractivity contribution in [2.24, 2.45) is 5.41 Å². The highest BCUT2D eigenvalue weighted by molar-refractivity contribution is 7.14. The summed E-state index contributed by atoms with van der Waals surface area (Å²) in [6.07, 6.45) is -0.410. The number of aliphatic carboxylic acids is 1. The van der Waals surface area contributed by atoms with E-state index in [1.165, 1.54) is 5.38 Å². The van der Waals surface area contributed by atoms with Crippen LogP contribution in [0.4, 0.5) is 9.93 Å². The lowest BCUT2D eigenvalue weighted by Gasteiger charge is -2.23. The molecule has 9 heteroatoms. The van der Waals surface area contributed by atoms with Crippen LogP contribution in [0.5, 0.6) is 0 Å². The van der Waals surface area contributed by atoms with E-state index >= 15 is 0 Å². The molecule has 4 rings (SSSR count). The molecule has 1 atom stereocenters. The van der Waals surface area contributed by atoms with Crippen LogP contribution in [0.15, 0.2) is 53.9 Å². The molecule has 8 nitrogen and oxygen atoms in total. The lowest BCUT2D eigenvalue weighted by molar-refractivity contribution is -0.140. The number of ether oxygens (including phenoxy) is 1. The summed E-state index contributed by atoms with van der Waals surface area (Å²) in [6, 6.07) is 15.1. The molecular formula is C26H27N3O5S. The number of benzene rings is 2. The fourth-order valence-corrected chi connectivity index (χ4v) is 4.88. The molecular weight excluding hydrogens is 466 g/mol. The topological polar surface area (TPSA) is 118 Å². The number of carboxylic acids is 1. The van der Waals surface area contributed by atoms with Crippen molar-refractivity contribution in [2.45, 2.75) is 39.2 Å². The van der Waals surface area contributed by atoms with Gasteiger partial charge in [0.15, 0.2) is 5.13 Å². The van der Waals surface area contributed by atoms with Gasteiger partial charge in [0.25, 0.3) is 5.91 Å². The fraction of sp³-hybridized carbons (Fsp3) is 0.308. The number of thiazole rings is 1. The molecule has 0 saturated heterocycles. The predicted molar refractivity (Wildman–Crippen MR) is 134 cm³/mol. The average molecular weight is 494 g/mol. The van der Waals surface area contributed by atoms with Gasteiger partial charge in [0.1, 0.15) is 18.3 Å². The normalized spacial score (nSPS) is 13.5. The largest absolute Gasteiger partial charge is 0.480 e. The predicted octanol–water partition coefficient (Wildman–Crippen LogP) is 5.12. The Hall–Kier alpha value is -3.72. The molecule has 1 heterocycles. The lowest BCUT2D eigenvalue weighted by Crippen LogP contribution is -2.43. The van der Waals surface area contributed by atoms with Gasteiger partial charge in [0.05, 0.1) is 0 Å². The molecule has 0 spiro atoms. The van der Waals surface area contributed by atoms with E-state index in [4.69, 9.17) is 4.74 Å². The van der Waals surface area contributed by atoms with Gasteiger partial charge in [-0.25, -0.2) is 14.6 Å². The zero-order chi connectivity index (χ0) is 25.2. The van der Waals surface area contributed by atoms with Crippen molar-refractivity contribution in [3.63, 3.8) is 0 Å². The maximum atomic E-state index is 12.5. The van der Waals surface area contributed by atoms with Gasteiger partial charge in [-0.2, -0.15) is 0 Å².